The van der Waals surface area contributed by atoms with Crippen LogP contribution in [0, 0.1) is 6.92 Å². The van der Waals surface area contributed by atoms with Crippen molar-refractivity contribution in [1.82, 2.24) is 9.88 Å². The lowest BCUT2D eigenvalue weighted by atomic mass is 10.4. The number of thiazole rings is 1. The Morgan fingerprint density at radius 1 is 1.76 bits per heavy atom. The smallest absolute Gasteiger partial charge is 0.240 e. The molecule has 0 spiro atoms. The number of aryl methyl sites for hydroxylation is 1. The van der Waals surface area contributed by atoms with E-state index in [4.69, 9.17) is 5.11 Å². The molecule has 0 unspecified atom stereocenters. The van der Waals surface area contributed by atoms with E-state index in [1.54, 1.807) is 6.08 Å². The largest absolute Gasteiger partial charge is 0.395 e. The van der Waals surface area contributed by atoms with Crippen molar-refractivity contribution in [3.05, 3.63) is 23.7 Å². The van der Waals surface area contributed by atoms with Gasteiger partial charge in [-0.25, -0.2) is 4.98 Å². The first kappa shape index (κ1) is 13.8. The van der Waals surface area contributed by atoms with Gasteiger partial charge in [0.1, 0.15) is 0 Å². The van der Waals surface area contributed by atoms with Crippen molar-refractivity contribution in [2.45, 2.75) is 6.92 Å². The van der Waals surface area contributed by atoms with E-state index in [-0.39, 0.29) is 19.1 Å². The average molecular weight is 255 g/mol. The number of aliphatic hydroxyl groups is 1. The summed E-state index contributed by atoms with van der Waals surface area (Å²) in [7, 11) is 0. The molecule has 1 aromatic heterocycles. The van der Waals surface area contributed by atoms with Gasteiger partial charge >= 0.3 is 0 Å². The quantitative estimate of drug-likeness (QED) is 0.710. The molecule has 0 saturated heterocycles. The van der Waals surface area contributed by atoms with Gasteiger partial charge in [-0.05, 0) is 6.92 Å². The number of amides is 1. The zero-order valence-corrected chi connectivity index (χ0v) is 10.7. The Morgan fingerprint density at radius 3 is 3.06 bits per heavy atom. The van der Waals surface area contributed by atoms with E-state index in [9.17, 15) is 4.79 Å². The van der Waals surface area contributed by atoms with Crippen molar-refractivity contribution in [2.24, 2.45) is 0 Å². The van der Waals surface area contributed by atoms with Crippen LogP contribution in [0.2, 0.25) is 0 Å². The third-order valence-electron chi connectivity index (χ3n) is 2.04. The van der Waals surface area contributed by atoms with E-state index in [0.717, 1.165) is 5.69 Å². The molecule has 0 aliphatic carbocycles. The van der Waals surface area contributed by atoms with E-state index in [2.05, 4.69) is 16.9 Å². The predicted molar refractivity (Wildman–Crippen MR) is 69.2 cm³/mol. The number of aromatic nitrogens is 1. The van der Waals surface area contributed by atoms with Gasteiger partial charge in [0, 0.05) is 18.5 Å². The number of carbonyl (C=O) groups is 1. The minimum absolute atomic E-state index is 0.0253. The summed E-state index contributed by atoms with van der Waals surface area (Å²) in [6.45, 7) is 6.77. The lowest BCUT2D eigenvalue weighted by Crippen LogP contribution is -2.35. The van der Waals surface area contributed by atoms with Crippen LogP contribution < -0.4 is 5.32 Å². The molecule has 0 atom stereocenters. The van der Waals surface area contributed by atoms with Gasteiger partial charge in [-0.15, -0.1) is 17.9 Å². The van der Waals surface area contributed by atoms with Crippen LogP contribution in [0.5, 0.6) is 0 Å². The fourth-order valence-electron chi connectivity index (χ4n) is 1.33. The first-order valence-electron chi connectivity index (χ1n) is 5.31. The highest BCUT2D eigenvalue weighted by atomic mass is 32.1. The normalized spacial score (nSPS) is 10.5. The maximum Gasteiger partial charge on any atom is 0.240 e. The number of hydrogen-bond donors (Lipinski definition) is 2. The summed E-state index contributed by atoms with van der Waals surface area (Å²) in [6, 6.07) is 0. The molecule has 2 N–H and O–H groups in total. The molecule has 1 heterocycles. The minimum atomic E-state index is -0.130. The Morgan fingerprint density at radius 2 is 2.53 bits per heavy atom. The Kier molecular flexibility index (Phi) is 5.82. The van der Waals surface area contributed by atoms with Crippen LogP contribution in [0.4, 0.5) is 5.13 Å². The summed E-state index contributed by atoms with van der Waals surface area (Å²) in [5, 5.41) is 14.1. The van der Waals surface area contributed by atoms with Crippen LogP contribution in [-0.4, -0.2) is 47.1 Å². The van der Waals surface area contributed by atoms with E-state index in [0.29, 0.717) is 18.2 Å². The second kappa shape index (κ2) is 7.16. The molecule has 1 aromatic rings. The number of hydrogen-bond acceptors (Lipinski definition) is 5. The van der Waals surface area contributed by atoms with Crippen molar-refractivity contribution >= 4 is 22.4 Å². The Labute approximate surface area is 105 Å². The van der Waals surface area contributed by atoms with Gasteiger partial charge in [-0.3, -0.25) is 9.69 Å². The van der Waals surface area contributed by atoms with Gasteiger partial charge < -0.3 is 10.4 Å². The molecule has 0 bridgehead atoms. The molecule has 6 heteroatoms. The molecule has 0 fully saturated rings. The highest BCUT2D eigenvalue weighted by Gasteiger charge is 2.10. The molecular weight excluding hydrogens is 238 g/mol. The monoisotopic (exact) mass is 255 g/mol. The predicted octanol–water partition coefficient (Wildman–Crippen LogP) is 0.870. The third kappa shape index (κ3) is 5.08. The molecular formula is C11H17N3O2S. The summed E-state index contributed by atoms with van der Waals surface area (Å²) < 4.78 is 0. The molecule has 0 aliphatic rings. The highest BCUT2D eigenvalue weighted by Crippen LogP contribution is 2.14. The molecule has 1 rings (SSSR count). The number of carbonyl (C=O) groups excluding carboxylic acids is 1. The highest BCUT2D eigenvalue weighted by molar-refractivity contribution is 7.13. The standard InChI is InChI=1S/C11H17N3O2S/c1-3-4-14(5-6-15)7-10(16)13-11-12-9(2)8-17-11/h3,8,15H,1,4-7H2,2H3,(H,12,13,16). The van der Waals surface area contributed by atoms with Crippen LogP contribution in [-0.2, 0) is 4.79 Å². The van der Waals surface area contributed by atoms with Crippen LogP contribution in [0.25, 0.3) is 0 Å². The fourth-order valence-corrected chi connectivity index (χ4v) is 2.04. The van der Waals surface area contributed by atoms with Gasteiger partial charge in [0.25, 0.3) is 0 Å². The van der Waals surface area contributed by atoms with Crippen molar-refractivity contribution in [3.63, 3.8) is 0 Å². The summed E-state index contributed by atoms with van der Waals surface area (Å²) in [6.07, 6.45) is 1.70. The topological polar surface area (TPSA) is 65.5 Å². The number of aliphatic hydroxyl groups excluding tert-OH is 1. The van der Waals surface area contributed by atoms with Crippen molar-refractivity contribution in [1.29, 1.82) is 0 Å². The van der Waals surface area contributed by atoms with E-state index in [1.165, 1.54) is 11.3 Å². The lowest BCUT2D eigenvalue weighted by molar-refractivity contribution is -0.117. The maximum absolute atomic E-state index is 11.7. The molecule has 0 aromatic carbocycles. The van der Waals surface area contributed by atoms with Gasteiger partial charge in [0.2, 0.25) is 5.91 Å². The lowest BCUT2D eigenvalue weighted by Gasteiger charge is -2.18. The zero-order chi connectivity index (χ0) is 12.7. The SMILES string of the molecule is C=CCN(CCO)CC(=O)Nc1nc(C)cs1. The van der Waals surface area contributed by atoms with Crippen LogP contribution in [0.1, 0.15) is 5.69 Å². The summed E-state index contributed by atoms with van der Waals surface area (Å²) >= 11 is 1.40. The van der Waals surface area contributed by atoms with Gasteiger partial charge in [0.05, 0.1) is 18.8 Å². The second-order valence-electron chi connectivity index (χ2n) is 3.59. The first-order chi connectivity index (χ1) is 8.15. The third-order valence-corrected chi connectivity index (χ3v) is 2.91. The van der Waals surface area contributed by atoms with Crippen molar-refractivity contribution in [2.75, 3.05) is 31.6 Å². The van der Waals surface area contributed by atoms with Crippen molar-refractivity contribution < 1.29 is 9.90 Å². The maximum atomic E-state index is 11.7. The Hall–Kier alpha value is -1.24. The van der Waals surface area contributed by atoms with Crippen LogP contribution in [0.3, 0.4) is 0 Å². The first-order valence-corrected chi connectivity index (χ1v) is 6.19. The van der Waals surface area contributed by atoms with Gasteiger partial charge in [0.15, 0.2) is 5.13 Å². The van der Waals surface area contributed by atoms with Crippen LogP contribution >= 0.6 is 11.3 Å². The second-order valence-corrected chi connectivity index (χ2v) is 4.45. The summed E-state index contributed by atoms with van der Waals surface area (Å²) in [4.78, 5) is 17.6. The Balaban J connectivity index is 2.44. The van der Waals surface area contributed by atoms with Crippen LogP contribution in [0.15, 0.2) is 18.0 Å². The van der Waals surface area contributed by atoms with E-state index < -0.39 is 0 Å². The van der Waals surface area contributed by atoms with Gasteiger partial charge in [-0.1, -0.05) is 6.08 Å². The average Bonchev–Trinajstić information content (AvgIpc) is 2.64. The number of nitrogens with zero attached hydrogens (tertiary/aromatic N) is 2. The van der Waals surface area contributed by atoms with Gasteiger partial charge in [-0.2, -0.15) is 0 Å². The molecule has 0 aliphatic heterocycles. The molecule has 0 radical (unpaired) electrons. The molecule has 94 valence electrons. The molecule has 17 heavy (non-hydrogen) atoms. The minimum Gasteiger partial charge on any atom is -0.395 e. The van der Waals surface area contributed by atoms with E-state index in [1.807, 2.05) is 17.2 Å². The van der Waals surface area contributed by atoms with E-state index >= 15 is 0 Å². The molecule has 5 nitrogen and oxygen atoms in total. The van der Waals surface area contributed by atoms with Crippen molar-refractivity contribution in [3.8, 4) is 0 Å². The fraction of sp³-hybridized carbons (Fsp3) is 0.455. The molecule has 0 saturated carbocycles. The number of rotatable bonds is 7. The number of anilines is 1. The summed E-state index contributed by atoms with van der Waals surface area (Å²) in [5.41, 5.74) is 0.892. The number of nitrogens with one attached hydrogen (secondary N) is 1. The zero-order valence-electron chi connectivity index (χ0n) is 9.85. The Bertz CT molecular complexity index is 379. The molecule has 1 amide bonds. The summed E-state index contributed by atoms with van der Waals surface area (Å²) in [5.74, 6) is -0.130.